The van der Waals surface area contributed by atoms with E-state index >= 15 is 0 Å². The molecule has 0 saturated heterocycles. The van der Waals surface area contributed by atoms with Crippen LogP contribution in [0.2, 0.25) is 0 Å². The van der Waals surface area contributed by atoms with Crippen LogP contribution in [0.15, 0.2) is 0 Å². The van der Waals surface area contributed by atoms with Gasteiger partial charge < -0.3 is 30.6 Å². The first-order valence-corrected chi connectivity index (χ1v) is 4.33. The minimum absolute atomic E-state index is 0.755. The molecular weight excluding hydrogens is 256 g/mol. The third-order valence-electron chi connectivity index (χ3n) is 1.31. The molecule has 2 atom stereocenters. The molecule has 0 bridgehead atoms. The van der Waals surface area contributed by atoms with E-state index in [0.717, 1.165) is 0 Å². The number of carboxylic acids is 4. The van der Waals surface area contributed by atoms with E-state index in [1.165, 1.54) is 0 Å². The summed E-state index contributed by atoms with van der Waals surface area (Å²) in [6.07, 6.45) is -5.09. The maximum atomic E-state index is 9.72. The van der Waals surface area contributed by atoms with E-state index in [1.807, 2.05) is 0 Å². The summed E-state index contributed by atoms with van der Waals surface area (Å²) in [7, 11) is 0. The fourth-order valence-corrected chi connectivity index (χ4v) is 0.505. The van der Waals surface area contributed by atoms with Crippen molar-refractivity contribution in [1.82, 2.24) is 0 Å². The highest BCUT2D eigenvalue weighted by Gasteiger charge is 2.16. The van der Waals surface area contributed by atoms with E-state index in [9.17, 15) is 19.2 Å². The molecule has 18 heavy (non-hydrogen) atoms. The largest absolute Gasteiger partial charge is 0.481 e. The first-order chi connectivity index (χ1) is 8.07. The summed E-state index contributed by atoms with van der Waals surface area (Å²) in [5.41, 5.74) is 0. The number of carbonyl (C=O) groups is 4. The van der Waals surface area contributed by atoms with E-state index in [4.69, 9.17) is 30.6 Å². The van der Waals surface area contributed by atoms with Gasteiger partial charge in [0.15, 0.2) is 12.2 Å². The molecule has 0 aromatic heterocycles. The van der Waals surface area contributed by atoms with Gasteiger partial charge in [-0.25, -0.2) is 9.59 Å². The van der Waals surface area contributed by atoms with Crippen LogP contribution in [-0.2, 0) is 19.2 Å². The number of carboxylic acid groups (broad SMARTS) is 4. The average molecular weight is 268 g/mol. The van der Waals surface area contributed by atoms with Crippen molar-refractivity contribution < 1.29 is 49.8 Å². The molecule has 0 aromatic rings. The van der Waals surface area contributed by atoms with Crippen molar-refractivity contribution in [3.8, 4) is 0 Å². The molecule has 0 aliphatic heterocycles. The smallest absolute Gasteiger partial charge is 0.333 e. The molecule has 0 unspecified atom stereocenters. The zero-order chi connectivity index (χ0) is 14.9. The number of hydrogen-bond acceptors (Lipinski definition) is 6. The van der Waals surface area contributed by atoms with Crippen LogP contribution in [0, 0.1) is 0 Å². The van der Waals surface area contributed by atoms with Crippen molar-refractivity contribution in [2.75, 3.05) is 0 Å². The second kappa shape index (κ2) is 8.90. The van der Waals surface area contributed by atoms with Crippen molar-refractivity contribution in [3.63, 3.8) is 0 Å². The zero-order valence-electron chi connectivity index (χ0n) is 8.89. The van der Waals surface area contributed by atoms with Crippen LogP contribution in [-0.4, -0.2) is 66.7 Å². The minimum Gasteiger partial charge on any atom is -0.481 e. The van der Waals surface area contributed by atoms with Crippen LogP contribution in [0.25, 0.3) is 0 Å². The van der Waals surface area contributed by atoms with E-state index in [1.54, 1.807) is 0 Å². The number of aliphatic hydroxyl groups excluding tert-OH is 2. The fraction of sp³-hybridized carbons (Fsp3) is 0.500. The molecule has 0 aliphatic rings. The third-order valence-corrected chi connectivity index (χ3v) is 1.31. The van der Waals surface area contributed by atoms with Gasteiger partial charge in [-0.05, 0) is 0 Å². The first-order valence-electron chi connectivity index (χ1n) is 4.33. The molecular formula is C8H12O10. The second-order valence-corrected chi connectivity index (χ2v) is 2.90. The Morgan fingerprint density at radius 1 is 0.667 bits per heavy atom. The monoisotopic (exact) mass is 268 g/mol. The predicted octanol–water partition coefficient (Wildman–Crippen LogP) is -2.19. The van der Waals surface area contributed by atoms with Crippen LogP contribution in [0.5, 0.6) is 0 Å². The highest BCUT2D eigenvalue weighted by Crippen LogP contribution is 1.90. The molecule has 0 aliphatic carbocycles. The Balaban J connectivity index is 0. The summed E-state index contributed by atoms with van der Waals surface area (Å²) in [6, 6.07) is 0. The normalized spacial score (nSPS) is 12.6. The molecule has 104 valence electrons. The van der Waals surface area contributed by atoms with Gasteiger partial charge in [-0.1, -0.05) is 0 Å². The highest BCUT2D eigenvalue weighted by molar-refractivity contribution is 5.79. The summed E-state index contributed by atoms with van der Waals surface area (Å²) in [5, 5.41) is 48.3. The van der Waals surface area contributed by atoms with E-state index in [0.29, 0.717) is 0 Å². The number of aliphatic carboxylic acids is 4. The Bertz CT molecular complexity index is 290. The summed E-state index contributed by atoms with van der Waals surface area (Å²) >= 11 is 0. The topological polar surface area (TPSA) is 190 Å². The predicted molar refractivity (Wildman–Crippen MR) is 51.8 cm³/mol. The van der Waals surface area contributed by atoms with Gasteiger partial charge in [0.1, 0.15) is 0 Å². The van der Waals surface area contributed by atoms with Gasteiger partial charge in [0, 0.05) is 0 Å². The van der Waals surface area contributed by atoms with Crippen molar-refractivity contribution in [3.05, 3.63) is 0 Å². The summed E-state index contributed by atoms with van der Waals surface area (Å²) in [6.45, 7) is 0. The standard InChI is InChI=1S/2C4H6O5/c2*5-2(4(8)9)1-3(6)7/h2*2,5H,1H2,(H,6,7)(H,8,9)/t2*2-/m11/s1. The quantitative estimate of drug-likeness (QED) is 0.308. The Morgan fingerprint density at radius 2 is 0.889 bits per heavy atom. The molecule has 0 fully saturated rings. The minimum atomic E-state index is -1.79. The molecule has 0 spiro atoms. The molecule has 0 saturated carbocycles. The van der Waals surface area contributed by atoms with Crippen LogP contribution in [0.3, 0.4) is 0 Å². The Labute approximate surface area is 99.7 Å². The lowest BCUT2D eigenvalue weighted by Crippen LogP contribution is -2.22. The Kier molecular flexibility index (Phi) is 8.98. The molecule has 0 heterocycles. The van der Waals surface area contributed by atoms with Crippen LogP contribution in [0.1, 0.15) is 12.8 Å². The van der Waals surface area contributed by atoms with Gasteiger partial charge in [0.2, 0.25) is 0 Å². The van der Waals surface area contributed by atoms with E-state index in [2.05, 4.69) is 0 Å². The second-order valence-electron chi connectivity index (χ2n) is 2.90. The van der Waals surface area contributed by atoms with Gasteiger partial charge in [-0.15, -0.1) is 0 Å². The van der Waals surface area contributed by atoms with E-state index < -0.39 is 48.9 Å². The third kappa shape index (κ3) is 11.9. The van der Waals surface area contributed by atoms with E-state index in [-0.39, 0.29) is 0 Å². The molecule has 10 heteroatoms. The van der Waals surface area contributed by atoms with Gasteiger partial charge in [-0.2, -0.15) is 0 Å². The molecule has 0 rings (SSSR count). The molecule has 10 nitrogen and oxygen atoms in total. The van der Waals surface area contributed by atoms with Crippen molar-refractivity contribution >= 4 is 23.9 Å². The Morgan fingerprint density at radius 3 is 0.944 bits per heavy atom. The number of hydrogen-bond donors (Lipinski definition) is 6. The zero-order valence-corrected chi connectivity index (χ0v) is 8.89. The maximum absolute atomic E-state index is 9.72. The van der Waals surface area contributed by atoms with Gasteiger partial charge >= 0.3 is 23.9 Å². The summed E-state index contributed by atoms with van der Waals surface area (Å²) in [5.74, 6) is -5.69. The molecule has 6 N–H and O–H groups in total. The summed E-state index contributed by atoms with van der Waals surface area (Å²) < 4.78 is 0. The van der Waals surface area contributed by atoms with Gasteiger partial charge in [0.05, 0.1) is 12.8 Å². The average Bonchev–Trinajstić information content (AvgIpc) is 2.16. The lowest BCUT2D eigenvalue weighted by Gasteiger charge is -1.97. The fourth-order valence-electron chi connectivity index (χ4n) is 0.505. The maximum Gasteiger partial charge on any atom is 0.333 e. The van der Waals surface area contributed by atoms with Crippen molar-refractivity contribution in [1.29, 1.82) is 0 Å². The van der Waals surface area contributed by atoms with Crippen LogP contribution < -0.4 is 0 Å². The lowest BCUT2D eigenvalue weighted by molar-refractivity contribution is -0.153. The highest BCUT2D eigenvalue weighted by atomic mass is 16.4. The van der Waals surface area contributed by atoms with Crippen molar-refractivity contribution in [2.24, 2.45) is 0 Å². The Hall–Kier alpha value is -2.20. The number of aliphatic hydroxyl groups is 2. The number of rotatable bonds is 6. The molecule has 0 aromatic carbocycles. The first kappa shape index (κ1) is 18.2. The van der Waals surface area contributed by atoms with Gasteiger partial charge in [0.25, 0.3) is 0 Å². The molecule has 0 amide bonds. The van der Waals surface area contributed by atoms with Gasteiger partial charge in [-0.3, -0.25) is 9.59 Å². The van der Waals surface area contributed by atoms with Crippen LogP contribution >= 0.6 is 0 Å². The SMILES string of the molecule is O=C(O)C[C@@H](O)C(=O)O.O=C(O)C[C@@H](O)C(=O)O. The van der Waals surface area contributed by atoms with Crippen LogP contribution in [0.4, 0.5) is 0 Å². The summed E-state index contributed by atoms with van der Waals surface area (Å²) in [4.78, 5) is 38.8. The lowest BCUT2D eigenvalue weighted by atomic mass is 10.3. The van der Waals surface area contributed by atoms with Crippen molar-refractivity contribution in [2.45, 2.75) is 25.0 Å². The molecule has 0 radical (unpaired) electrons.